The van der Waals surface area contributed by atoms with Crippen molar-refractivity contribution < 1.29 is 18.3 Å². The molecule has 0 aromatic heterocycles. The number of aryl methyl sites for hydroxylation is 1. The van der Waals surface area contributed by atoms with Crippen molar-refractivity contribution in [1.82, 2.24) is 0 Å². The van der Waals surface area contributed by atoms with E-state index in [1.54, 1.807) is 20.8 Å². The molecule has 0 aliphatic heterocycles. The maximum absolute atomic E-state index is 12.4. The van der Waals surface area contributed by atoms with Crippen LogP contribution in [0.2, 0.25) is 0 Å². The van der Waals surface area contributed by atoms with Gasteiger partial charge in [-0.3, -0.25) is 0 Å². The molecule has 16 heavy (non-hydrogen) atoms. The smallest absolute Gasteiger partial charge is 0.395 e. The van der Waals surface area contributed by atoms with Gasteiger partial charge in [-0.25, -0.2) is 0 Å². The number of benzene rings is 1. The molecule has 0 bridgehead atoms. The molecule has 1 aromatic carbocycles. The quantitative estimate of drug-likeness (QED) is 0.829. The van der Waals surface area contributed by atoms with Gasteiger partial charge in [-0.05, 0) is 30.2 Å². The average molecular weight is 232 g/mol. The van der Waals surface area contributed by atoms with E-state index in [1.165, 1.54) is 6.07 Å². The van der Waals surface area contributed by atoms with Crippen molar-refractivity contribution in [3.63, 3.8) is 0 Å². The second-order valence-corrected chi connectivity index (χ2v) is 4.57. The Balaban J connectivity index is 3.20. The Morgan fingerprint density at radius 2 is 1.75 bits per heavy atom. The van der Waals surface area contributed by atoms with Crippen LogP contribution in [0.3, 0.4) is 0 Å². The molecule has 0 radical (unpaired) electrons. The van der Waals surface area contributed by atoms with Gasteiger partial charge in [0.25, 0.3) is 0 Å². The lowest BCUT2D eigenvalue weighted by molar-refractivity contribution is -0.137. The lowest BCUT2D eigenvalue weighted by Crippen LogP contribution is -2.23. The Bertz CT molecular complexity index is 380. The summed E-state index contributed by atoms with van der Waals surface area (Å²) in [4.78, 5) is 0. The maximum atomic E-state index is 12.4. The largest absolute Gasteiger partial charge is 0.416 e. The number of aliphatic hydroxyl groups is 1. The number of hydrogen-bond donors (Lipinski definition) is 1. The van der Waals surface area contributed by atoms with Crippen LogP contribution >= 0.6 is 0 Å². The van der Waals surface area contributed by atoms with Crippen molar-refractivity contribution >= 4 is 0 Å². The first-order valence-corrected chi connectivity index (χ1v) is 4.97. The molecule has 0 aliphatic rings. The van der Waals surface area contributed by atoms with Crippen LogP contribution in [0.5, 0.6) is 0 Å². The van der Waals surface area contributed by atoms with Gasteiger partial charge in [0.05, 0.1) is 12.2 Å². The summed E-state index contributed by atoms with van der Waals surface area (Å²) in [7, 11) is 0. The Morgan fingerprint density at radius 3 is 2.12 bits per heavy atom. The summed E-state index contributed by atoms with van der Waals surface area (Å²) >= 11 is 0. The highest BCUT2D eigenvalue weighted by molar-refractivity contribution is 5.37. The van der Waals surface area contributed by atoms with Gasteiger partial charge >= 0.3 is 6.18 Å². The molecule has 1 N–H and O–H groups in total. The lowest BCUT2D eigenvalue weighted by atomic mass is 9.82. The number of halogens is 3. The Labute approximate surface area is 92.9 Å². The van der Waals surface area contributed by atoms with Crippen molar-refractivity contribution in [3.8, 4) is 0 Å². The van der Waals surface area contributed by atoms with E-state index >= 15 is 0 Å². The van der Waals surface area contributed by atoms with E-state index in [0.29, 0.717) is 5.56 Å². The lowest BCUT2D eigenvalue weighted by Gasteiger charge is -2.25. The zero-order valence-electron chi connectivity index (χ0n) is 9.52. The minimum atomic E-state index is -4.31. The summed E-state index contributed by atoms with van der Waals surface area (Å²) in [6.07, 6.45) is -4.31. The molecule has 0 fully saturated rings. The molecule has 4 heteroatoms. The Hall–Kier alpha value is -1.03. The van der Waals surface area contributed by atoms with Crippen molar-refractivity contribution in [2.75, 3.05) is 6.61 Å². The van der Waals surface area contributed by atoms with Crippen molar-refractivity contribution in [2.45, 2.75) is 32.4 Å². The third-order valence-corrected chi connectivity index (χ3v) is 2.68. The summed E-state index contributed by atoms with van der Waals surface area (Å²) in [6.45, 7) is 5.12. The molecular weight excluding hydrogens is 217 g/mol. The van der Waals surface area contributed by atoms with Crippen molar-refractivity contribution in [1.29, 1.82) is 0 Å². The third-order valence-electron chi connectivity index (χ3n) is 2.68. The molecule has 0 saturated heterocycles. The van der Waals surface area contributed by atoms with Gasteiger partial charge in [-0.15, -0.1) is 0 Å². The summed E-state index contributed by atoms with van der Waals surface area (Å²) in [5, 5.41) is 9.18. The normalized spacial score (nSPS) is 12.9. The molecule has 0 unspecified atom stereocenters. The van der Waals surface area contributed by atoms with Crippen LogP contribution in [0.15, 0.2) is 18.2 Å². The number of rotatable bonds is 2. The number of aliphatic hydroxyl groups excluding tert-OH is 1. The number of hydrogen-bond acceptors (Lipinski definition) is 1. The second kappa shape index (κ2) is 4.09. The van der Waals surface area contributed by atoms with Gasteiger partial charge in [-0.1, -0.05) is 19.9 Å². The van der Waals surface area contributed by atoms with Crippen LogP contribution in [0.25, 0.3) is 0 Å². The molecule has 90 valence electrons. The van der Waals surface area contributed by atoms with Gasteiger partial charge in [0.15, 0.2) is 0 Å². The molecule has 1 rings (SSSR count). The van der Waals surface area contributed by atoms with E-state index < -0.39 is 17.2 Å². The monoisotopic (exact) mass is 232 g/mol. The van der Waals surface area contributed by atoms with Crippen LogP contribution < -0.4 is 0 Å². The Kier molecular flexibility index (Phi) is 3.33. The summed E-state index contributed by atoms with van der Waals surface area (Å²) in [6, 6.07) is 3.61. The van der Waals surface area contributed by atoms with E-state index in [-0.39, 0.29) is 6.61 Å². The van der Waals surface area contributed by atoms with E-state index in [4.69, 9.17) is 0 Å². The fraction of sp³-hybridized carbons (Fsp3) is 0.500. The Morgan fingerprint density at radius 1 is 1.19 bits per heavy atom. The van der Waals surface area contributed by atoms with Crippen molar-refractivity contribution in [2.24, 2.45) is 0 Å². The maximum Gasteiger partial charge on any atom is 0.416 e. The predicted octanol–water partition coefficient (Wildman–Crippen LogP) is 3.28. The average Bonchev–Trinajstić information content (AvgIpc) is 2.16. The zero-order chi connectivity index (χ0) is 12.6. The molecule has 0 heterocycles. The highest BCUT2D eigenvalue weighted by Crippen LogP contribution is 2.33. The third kappa shape index (κ3) is 2.55. The van der Waals surface area contributed by atoms with Crippen LogP contribution in [0, 0.1) is 6.92 Å². The van der Waals surface area contributed by atoms with E-state index in [1.807, 2.05) is 0 Å². The first-order valence-electron chi connectivity index (χ1n) is 4.97. The van der Waals surface area contributed by atoms with Crippen LogP contribution in [0.4, 0.5) is 13.2 Å². The minimum absolute atomic E-state index is 0.0980. The SMILES string of the molecule is Cc1cc(C(F)(F)F)ccc1C(C)(C)CO. The van der Waals surface area contributed by atoms with Crippen molar-refractivity contribution in [3.05, 3.63) is 34.9 Å². The molecular formula is C12H15F3O. The van der Waals surface area contributed by atoms with Gasteiger partial charge in [0.1, 0.15) is 0 Å². The predicted molar refractivity (Wildman–Crippen MR) is 56.3 cm³/mol. The van der Waals surface area contributed by atoms with E-state index in [9.17, 15) is 18.3 Å². The first-order chi connectivity index (χ1) is 7.18. The minimum Gasteiger partial charge on any atom is -0.395 e. The van der Waals surface area contributed by atoms with Gasteiger partial charge in [-0.2, -0.15) is 13.2 Å². The molecule has 0 aliphatic carbocycles. The van der Waals surface area contributed by atoms with E-state index in [0.717, 1.165) is 17.7 Å². The topological polar surface area (TPSA) is 20.2 Å². The molecule has 0 amide bonds. The zero-order valence-corrected chi connectivity index (χ0v) is 9.52. The highest BCUT2D eigenvalue weighted by Gasteiger charge is 2.31. The van der Waals surface area contributed by atoms with Gasteiger partial charge < -0.3 is 5.11 Å². The van der Waals surface area contributed by atoms with E-state index in [2.05, 4.69) is 0 Å². The van der Waals surface area contributed by atoms with Gasteiger partial charge in [0.2, 0.25) is 0 Å². The van der Waals surface area contributed by atoms with Crippen LogP contribution in [-0.4, -0.2) is 11.7 Å². The number of alkyl halides is 3. The highest BCUT2D eigenvalue weighted by atomic mass is 19.4. The molecule has 1 nitrogen and oxygen atoms in total. The van der Waals surface area contributed by atoms with Crippen LogP contribution in [-0.2, 0) is 11.6 Å². The van der Waals surface area contributed by atoms with Gasteiger partial charge in [0, 0.05) is 5.41 Å². The molecule has 0 atom stereocenters. The second-order valence-electron chi connectivity index (χ2n) is 4.57. The summed E-state index contributed by atoms with van der Waals surface area (Å²) in [5.41, 5.74) is 0.119. The standard InChI is InChI=1S/C12H15F3O/c1-8-6-9(12(13,14)15)4-5-10(8)11(2,3)7-16/h4-6,16H,7H2,1-3H3. The fourth-order valence-corrected chi connectivity index (χ4v) is 1.68. The molecule has 1 aromatic rings. The molecule has 0 saturated carbocycles. The summed E-state index contributed by atoms with van der Waals surface area (Å²) < 4.78 is 37.3. The molecule has 0 spiro atoms. The van der Waals surface area contributed by atoms with Crippen LogP contribution in [0.1, 0.15) is 30.5 Å². The summed E-state index contributed by atoms with van der Waals surface area (Å²) in [5.74, 6) is 0. The fourth-order valence-electron chi connectivity index (χ4n) is 1.68. The first kappa shape index (κ1) is 13.0.